The van der Waals surface area contributed by atoms with Crippen LogP contribution in [0.5, 0.6) is 0 Å². The number of carbonyl (C=O) groups is 2. The molecule has 0 saturated heterocycles. The van der Waals surface area contributed by atoms with Gasteiger partial charge in [0, 0.05) is 18.4 Å². The molecule has 1 heterocycles. The Morgan fingerprint density at radius 3 is 2.50 bits per heavy atom. The summed E-state index contributed by atoms with van der Waals surface area (Å²) < 4.78 is 23.8. The van der Waals surface area contributed by atoms with Crippen LogP contribution >= 0.6 is 0 Å². The number of rotatable bonds is 3. The van der Waals surface area contributed by atoms with E-state index in [1.165, 1.54) is 17.0 Å². The van der Waals surface area contributed by atoms with Gasteiger partial charge < -0.3 is 10.0 Å². The van der Waals surface area contributed by atoms with Crippen molar-refractivity contribution in [2.45, 2.75) is 24.3 Å². The summed E-state index contributed by atoms with van der Waals surface area (Å²) in [5.74, 6) is -1.60. The number of hydrogen-bond acceptors (Lipinski definition) is 4. The standard InChI is InChI=1S/C19H19NO5S/c1-12-7-8-14(11-16(12)26(2,24)25)18(21)20-10-9-13-5-3-4-6-15(13)17(20)19(22)23/h3-8,11,17H,9-10H2,1-2H3,(H,22,23). The fourth-order valence-corrected chi connectivity index (χ4v) is 4.34. The van der Waals surface area contributed by atoms with Crippen molar-refractivity contribution in [3.63, 3.8) is 0 Å². The van der Waals surface area contributed by atoms with E-state index in [0.717, 1.165) is 11.8 Å². The minimum Gasteiger partial charge on any atom is -0.479 e. The molecular formula is C19H19NO5S. The third-order valence-corrected chi connectivity index (χ3v) is 5.85. The molecule has 1 aliphatic rings. The number of carboxylic acids is 1. The number of carboxylic acid groups (broad SMARTS) is 1. The van der Waals surface area contributed by atoms with E-state index in [9.17, 15) is 23.1 Å². The van der Waals surface area contributed by atoms with E-state index in [0.29, 0.717) is 17.5 Å². The number of benzene rings is 2. The van der Waals surface area contributed by atoms with E-state index < -0.39 is 27.8 Å². The first-order chi connectivity index (χ1) is 12.2. The minimum atomic E-state index is -3.49. The molecule has 1 aliphatic heterocycles. The van der Waals surface area contributed by atoms with Gasteiger partial charge in [0.15, 0.2) is 15.9 Å². The summed E-state index contributed by atoms with van der Waals surface area (Å²) in [6, 6.07) is 10.5. The number of fused-ring (bicyclic) bond motifs is 1. The smallest absolute Gasteiger partial charge is 0.331 e. The van der Waals surface area contributed by atoms with E-state index in [1.54, 1.807) is 25.1 Å². The Balaban J connectivity index is 2.04. The van der Waals surface area contributed by atoms with Gasteiger partial charge >= 0.3 is 5.97 Å². The lowest BCUT2D eigenvalue weighted by atomic mass is 9.92. The fourth-order valence-electron chi connectivity index (χ4n) is 3.35. The van der Waals surface area contributed by atoms with Gasteiger partial charge in [0.05, 0.1) is 4.90 Å². The number of hydrogen-bond donors (Lipinski definition) is 1. The molecule has 0 radical (unpaired) electrons. The van der Waals surface area contributed by atoms with Gasteiger partial charge in [0.1, 0.15) is 0 Å². The highest BCUT2D eigenvalue weighted by atomic mass is 32.2. The molecule has 2 aromatic rings. The quantitative estimate of drug-likeness (QED) is 0.891. The van der Waals surface area contributed by atoms with Crippen molar-refractivity contribution in [2.24, 2.45) is 0 Å². The molecule has 6 nitrogen and oxygen atoms in total. The highest BCUT2D eigenvalue weighted by Crippen LogP contribution is 2.31. The number of sulfone groups is 1. The second-order valence-electron chi connectivity index (χ2n) is 6.44. The van der Waals surface area contributed by atoms with E-state index >= 15 is 0 Å². The Labute approximate surface area is 152 Å². The molecule has 136 valence electrons. The van der Waals surface area contributed by atoms with Gasteiger partial charge in [-0.25, -0.2) is 13.2 Å². The lowest BCUT2D eigenvalue weighted by Crippen LogP contribution is -2.43. The molecule has 0 saturated carbocycles. The van der Waals surface area contributed by atoms with Gasteiger partial charge in [-0.05, 0) is 42.2 Å². The van der Waals surface area contributed by atoms with Crippen LogP contribution in [0.15, 0.2) is 47.4 Å². The first kappa shape index (κ1) is 18.1. The second-order valence-corrected chi connectivity index (χ2v) is 8.42. The minimum absolute atomic E-state index is 0.0765. The molecule has 1 unspecified atom stereocenters. The number of aliphatic carboxylic acids is 1. The third kappa shape index (κ3) is 3.22. The maximum absolute atomic E-state index is 13.0. The van der Waals surface area contributed by atoms with Crippen LogP contribution in [0.2, 0.25) is 0 Å². The van der Waals surface area contributed by atoms with Crippen LogP contribution in [0.3, 0.4) is 0 Å². The molecule has 0 aromatic heterocycles. The van der Waals surface area contributed by atoms with Gasteiger partial charge in [0.25, 0.3) is 5.91 Å². The summed E-state index contributed by atoms with van der Waals surface area (Å²) in [7, 11) is -3.49. The average Bonchev–Trinajstić information content (AvgIpc) is 2.59. The largest absolute Gasteiger partial charge is 0.479 e. The number of carbonyl (C=O) groups excluding carboxylic acids is 1. The first-order valence-corrected chi connectivity index (χ1v) is 10.0. The molecule has 1 atom stereocenters. The Bertz CT molecular complexity index is 997. The molecule has 3 rings (SSSR count). The van der Waals surface area contributed by atoms with Crippen molar-refractivity contribution < 1.29 is 23.1 Å². The molecule has 2 aromatic carbocycles. The maximum Gasteiger partial charge on any atom is 0.331 e. The van der Waals surface area contributed by atoms with Crippen molar-refractivity contribution in [3.8, 4) is 0 Å². The van der Waals surface area contributed by atoms with Crippen molar-refractivity contribution in [2.75, 3.05) is 12.8 Å². The molecule has 0 bridgehead atoms. The second kappa shape index (κ2) is 6.57. The highest BCUT2D eigenvalue weighted by molar-refractivity contribution is 7.90. The van der Waals surface area contributed by atoms with Gasteiger partial charge in [0.2, 0.25) is 0 Å². The first-order valence-electron chi connectivity index (χ1n) is 8.12. The van der Waals surface area contributed by atoms with Gasteiger partial charge in [-0.1, -0.05) is 30.3 Å². The zero-order valence-corrected chi connectivity index (χ0v) is 15.3. The van der Waals surface area contributed by atoms with Crippen LogP contribution in [0.4, 0.5) is 0 Å². The SMILES string of the molecule is Cc1ccc(C(=O)N2CCc3ccccc3C2C(=O)O)cc1S(C)(=O)=O. The molecule has 1 N–H and O–H groups in total. The number of amides is 1. The van der Waals surface area contributed by atoms with E-state index in [4.69, 9.17) is 0 Å². The van der Waals surface area contributed by atoms with E-state index in [1.807, 2.05) is 12.1 Å². The molecule has 26 heavy (non-hydrogen) atoms. The Morgan fingerprint density at radius 1 is 1.15 bits per heavy atom. The third-order valence-electron chi connectivity index (χ3n) is 4.61. The predicted octanol–water partition coefficient (Wildman–Crippen LogP) is 2.22. The maximum atomic E-state index is 13.0. The molecule has 1 amide bonds. The van der Waals surface area contributed by atoms with Crippen molar-refractivity contribution in [1.29, 1.82) is 0 Å². The number of aryl methyl sites for hydroxylation is 1. The van der Waals surface area contributed by atoms with Crippen molar-refractivity contribution in [3.05, 3.63) is 64.7 Å². The van der Waals surface area contributed by atoms with Crippen LogP contribution in [0, 0.1) is 6.92 Å². The topological polar surface area (TPSA) is 91.8 Å². The monoisotopic (exact) mass is 373 g/mol. The van der Waals surface area contributed by atoms with Crippen molar-refractivity contribution in [1.82, 2.24) is 4.90 Å². The highest BCUT2D eigenvalue weighted by Gasteiger charge is 2.36. The number of nitrogens with zero attached hydrogens (tertiary/aromatic N) is 1. The Kier molecular flexibility index (Phi) is 4.58. The lowest BCUT2D eigenvalue weighted by molar-refractivity contribution is -0.143. The van der Waals surface area contributed by atoms with E-state index in [2.05, 4.69) is 0 Å². The molecule has 0 fully saturated rings. The fraction of sp³-hybridized carbons (Fsp3) is 0.263. The van der Waals surface area contributed by atoms with Gasteiger partial charge in [-0.3, -0.25) is 4.79 Å². The van der Waals surface area contributed by atoms with Crippen LogP contribution in [-0.4, -0.2) is 43.1 Å². The summed E-state index contributed by atoms with van der Waals surface area (Å²) in [5.41, 5.74) is 2.21. The zero-order valence-electron chi connectivity index (χ0n) is 14.5. The zero-order chi connectivity index (χ0) is 19.1. The molecular weight excluding hydrogens is 354 g/mol. The molecule has 7 heteroatoms. The van der Waals surface area contributed by atoms with Crippen LogP contribution in [0.1, 0.15) is 33.1 Å². The predicted molar refractivity (Wildman–Crippen MR) is 95.8 cm³/mol. The summed E-state index contributed by atoms with van der Waals surface area (Å²) in [6.07, 6.45) is 1.64. The van der Waals surface area contributed by atoms with Gasteiger partial charge in [-0.2, -0.15) is 0 Å². The summed E-state index contributed by atoms with van der Waals surface area (Å²) in [6.45, 7) is 1.91. The Hall–Kier alpha value is -2.67. The van der Waals surface area contributed by atoms with Crippen molar-refractivity contribution >= 4 is 21.7 Å². The molecule has 0 spiro atoms. The van der Waals surface area contributed by atoms with Gasteiger partial charge in [-0.15, -0.1) is 0 Å². The van der Waals surface area contributed by atoms with Crippen LogP contribution in [0.25, 0.3) is 0 Å². The summed E-state index contributed by atoms with van der Waals surface area (Å²) in [4.78, 5) is 26.2. The van der Waals surface area contributed by atoms with Crippen LogP contribution < -0.4 is 0 Å². The van der Waals surface area contributed by atoms with Crippen LogP contribution in [-0.2, 0) is 21.1 Å². The van der Waals surface area contributed by atoms with E-state index in [-0.39, 0.29) is 17.0 Å². The normalized spacial score (nSPS) is 16.8. The lowest BCUT2D eigenvalue weighted by Gasteiger charge is -2.35. The molecule has 0 aliphatic carbocycles. The summed E-state index contributed by atoms with van der Waals surface area (Å²) in [5, 5.41) is 9.69. The Morgan fingerprint density at radius 2 is 1.85 bits per heavy atom. The summed E-state index contributed by atoms with van der Waals surface area (Å²) >= 11 is 0. The average molecular weight is 373 g/mol.